The topological polar surface area (TPSA) is 33.0 Å². The van der Waals surface area contributed by atoms with Crippen molar-refractivity contribution >= 4 is 6.08 Å². The Kier molecular flexibility index (Phi) is 3.44. The third-order valence-corrected chi connectivity index (χ3v) is 2.04. The van der Waals surface area contributed by atoms with Gasteiger partial charge in [0.25, 0.3) is 0 Å². The second-order valence-corrected chi connectivity index (χ2v) is 3.17. The lowest BCUT2D eigenvalue weighted by Crippen LogP contribution is -2.20. The number of nitriles is 1. The summed E-state index contributed by atoms with van der Waals surface area (Å²) in [6.45, 7) is 1.73. The second kappa shape index (κ2) is 4.59. The van der Waals surface area contributed by atoms with Crippen LogP contribution in [0, 0.1) is 11.3 Å². The zero-order valence-electron chi connectivity index (χ0n) is 8.40. The number of benzene rings is 1. The maximum absolute atomic E-state index is 8.84. The van der Waals surface area contributed by atoms with Gasteiger partial charge < -0.3 is 4.74 Å². The minimum atomic E-state index is -0.837. The summed E-state index contributed by atoms with van der Waals surface area (Å²) >= 11 is 0. The van der Waals surface area contributed by atoms with Crippen LogP contribution in [-0.2, 0) is 4.74 Å². The molecule has 1 aromatic carbocycles. The number of nitrogens with zero attached hydrogens (tertiary/aromatic N) is 1. The van der Waals surface area contributed by atoms with Gasteiger partial charge >= 0.3 is 0 Å². The molecule has 0 fully saturated rings. The molecule has 0 aliphatic rings. The zero-order valence-corrected chi connectivity index (χ0v) is 8.40. The molecule has 1 unspecified atom stereocenters. The smallest absolute Gasteiger partial charge is 0.169 e. The molecular formula is C12H13NO. The highest BCUT2D eigenvalue weighted by Gasteiger charge is 2.17. The van der Waals surface area contributed by atoms with Gasteiger partial charge in [-0.3, -0.25) is 0 Å². The zero-order chi connectivity index (χ0) is 10.4. The summed E-state index contributed by atoms with van der Waals surface area (Å²) in [4.78, 5) is 0. The van der Waals surface area contributed by atoms with Gasteiger partial charge in [-0.2, -0.15) is 5.26 Å². The van der Waals surface area contributed by atoms with Crippen molar-refractivity contribution in [3.05, 3.63) is 42.0 Å². The van der Waals surface area contributed by atoms with E-state index in [1.54, 1.807) is 13.0 Å². The van der Waals surface area contributed by atoms with Gasteiger partial charge in [-0.15, -0.1) is 0 Å². The Hall–Kier alpha value is -1.59. The van der Waals surface area contributed by atoms with E-state index in [9.17, 15) is 0 Å². The van der Waals surface area contributed by atoms with Crippen LogP contribution in [0.15, 0.2) is 36.4 Å². The van der Waals surface area contributed by atoms with Crippen LogP contribution in [0.3, 0.4) is 0 Å². The quantitative estimate of drug-likeness (QED) is 0.728. The third kappa shape index (κ3) is 2.72. The van der Waals surface area contributed by atoms with Crippen molar-refractivity contribution < 1.29 is 4.74 Å². The van der Waals surface area contributed by atoms with Gasteiger partial charge in [-0.1, -0.05) is 36.4 Å². The summed E-state index contributed by atoms with van der Waals surface area (Å²) in [5.41, 5.74) is 0.224. The van der Waals surface area contributed by atoms with Crippen LogP contribution in [0.4, 0.5) is 0 Å². The first-order chi connectivity index (χ1) is 6.70. The van der Waals surface area contributed by atoms with Crippen molar-refractivity contribution in [2.75, 3.05) is 7.11 Å². The molecule has 14 heavy (non-hydrogen) atoms. The van der Waals surface area contributed by atoms with Gasteiger partial charge in [-0.05, 0) is 18.6 Å². The van der Waals surface area contributed by atoms with E-state index in [1.165, 1.54) is 7.11 Å². The highest BCUT2D eigenvalue weighted by atomic mass is 16.5. The second-order valence-electron chi connectivity index (χ2n) is 3.17. The van der Waals surface area contributed by atoms with Crippen LogP contribution in [0.2, 0.25) is 0 Å². The lowest BCUT2D eigenvalue weighted by Gasteiger charge is -2.13. The Bertz CT molecular complexity index is 350. The van der Waals surface area contributed by atoms with E-state index in [4.69, 9.17) is 10.00 Å². The molecule has 1 aromatic rings. The van der Waals surface area contributed by atoms with Crippen molar-refractivity contribution in [3.8, 4) is 6.07 Å². The predicted octanol–water partition coefficient (Wildman–Crippen LogP) is 2.63. The average Bonchev–Trinajstić information content (AvgIpc) is 2.27. The molecule has 1 atom stereocenters. The summed E-state index contributed by atoms with van der Waals surface area (Å²) in [6.07, 6.45) is 3.63. The number of hydrogen-bond donors (Lipinski definition) is 0. The Morgan fingerprint density at radius 3 is 2.50 bits per heavy atom. The predicted molar refractivity (Wildman–Crippen MR) is 56.5 cm³/mol. The molecule has 2 nitrogen and oxygen atoms in total. The van der Waals surface area contributed by atoms with Crippen molar-refractivity contribution in [2.24, 2.45) is 0 Å². The van der Waals surface area contributed by atoms with Crippen LogP contribution in [-0.4, -0.2) is 12.7 Å². The molecule has 1 rings (SSSR count). The van der Waals surface area contributed by atoms with E-state index < -0.39 is 5.60 Å². The van der Waals surface area contributed by atoms with Crippen molar-refractivity contribution in [3.63, 3.8) is 0 Å². The van der Waals surface area contributed by atoms with E-state index >= 15 is 0 Å². The largest absolute Gasteiger partial charge is 0.360 e. The maximum Gasteiger partial charge on any atom is 0.169 e. The van der Waals surface area contributed by atoms with Gasteiger partial charge in [0.2, 0.25) is 0 Å². The van der Waals surface area contributed by atoms with Gasteiger partial charge in [0.15, 0.2) is 5.60 Å². The molecular weight excluding hydrogens is 174 g/mol. The molecule has 0 aromatic heterocycles. The summed E-state index contributed by atoms with van der Waals surface area (Å²) in [6, 6.07) is 11.9. The molecule has 0 saturated carbocycles. The average molecular weight is 187 g/mol. The molecule has 0 radical (unpaired) electrons. The molecule has 0 N–H and O–H groups in total. The monoisotopic (exact) mass is 187 g/mol. The fraction of sp³-hybridized carbons (Fsp3) is 0.250. The fourth-order valence-corrected chi connectivity index (χ4v) is 0.970. The van der Waals surface area contributed by atoms with Gasteiger partial charge in [0.1, 0.15) is 6.07 Å². The Labute approximate surface area is 84.4 Å². The Morgan fingerprint density at radius 2 is 2.00 bits per heavy atom. The van der Waals surface area contributed by atoms with Gasteiger partial charge in [0, 0.05) is 7.11 Å². The van der Waals surface area contributed by atoms with Crippen LogP contribution < -0.4 is 0 Å². The summed E-state index contributed by atoms with van der Waals surface area (Å²) in [7, 11) is 1.53. The van der Waals surface area contributed by atoms with Crippen molar-refractivity contribution in [1.82, 2.24) is 0 Å². The highest BCUT2D eigenvalue weighted by Crippen LogP contribution is 2.12. The molecule has 0 saturated heterocycles. The fourth-order valence-electron chi connectivity index (χ4n) is 0.970. The molecule has 0 aliphatic heterocycles. The molecule has 0 heterocycles. The van der Waals surface area contributed by atoms with Crippen LogP contribution in [0.25, 0.3) is 6.08 Å². The Morgan fingerprint density at radius 1 is 1.36 bits per heavy atom. The lowest BCUT2D eigenvalue weighted by atomic mass is 10.1. The van der Waals surface area contributed by atoms with E-state index in [-0.39, 0.29) is 0 Å². The minimum Gasteiger partial charge on any atom is -0.360 e. The molecule has 0 bridgehead atoms. The van der Waals surface area contributed by atoms with E-state index in [1.807, 2.05) is 36.4 Å². The standard InChI is InChI=1S/C12H13NO/c1-12(10-13,14-2)9-8-11-6-4-3-5-7-11/h3-9H,1-2H3/b9-8+. The number of ether oxygens (including phenoxy) is 1. The van der Waals surface area contributed by atoms with E-state index in [0.29, 0.717) is 0 Å². The maximum atomic E-state index is 8.84. The summed E-state index contributed by atoms with van der Waals surface area (Å²) < 4.78 is 5.06. The molecule has 0 aliphatic carbocycles. The Balaban J connectivity index is 2.79. The third-order valence-electron chi connectivity index (χ3n) is 2.04. The lowest BCUT2D eigenvalue weighted by molar-refractivity contribution is 0.0978. The number of rotatable bonds is 3. The van der Waals surface area contributed by atoms with E-state index in [0.717, 1.165) is 5.56 Å². The summed E-state index contributed by atoms with van der Waals surface area (Å²) in [5, 5.41) is 8.84. The van der Waals surface area contributed by atoms with Crippen LogP contribution in [0.1, 0.15) is 12.5 Å². The van der Waals surface area contributed by atoms with E-state index in [2.05, 4.69) is 6.07 Å². The highest BCUT2D eigenvalue weighted by molar-refractivity contribution is 5.51. The number of hydrogen-bond acceptors (Lipinski definition) is 2. The first-order valence-electron chi connectivity index (χ1n) is 4.41. The van der Waals surface area contributed by atoms with Gasteiger partial charge in [-0.25, -0.2) is 0 Å². The number of methoxy groups -OCH3 is 1. The first-order valence-corrected chi connectivity index (χ1v) is 4.41. The first kappa shape index (κ1) is 10.5. The minimum absolute atomic E-state index is 0.837. The molecule has 0 spiro atoms. The normalized spacial score (nSPS) is 14.9. The SMILES string of the molecule is COC(C)(C#N)/C=C/c1ccccc1. The van der Waals surface area contributed by atoms with Crippen molar-refractivity contribution in [1.29, 1.82) is 5.26 Å². The van der Waals surface area contributed by atoms with Gasteiger partial charge in [0.05, 0.1) is 0 Å². The van der Waals surface area contributed by atoms with Crippen LogP contribution in [0.5, 0.6) is 0 Å². The molecule has 72 valence electrons. The van der Waals surface area contributed by atoms with Crippen molar-refractivity contribution in [2.45, 2.75) is 12.5 Å². The van der Waals surface area contributed by atoms with Crippen LogP contribution >= 0.6 is 0 Å². The molecule has 0 amide bonds. The molecule has 2 heteroatoms. The summed E-state index contributed by atoms with van der Waals surface area (Å²) in [5.74, 6) is 0.